The van der Waals surface area contributed by atoms with E-state index in [0.29, 0.717) is 29.8 Å². The van der Waals surface area contributed by atoms with Gasteiger partial charge in [0.1, 0.15) is 0 Å². The van der Waals surface area contributed by atoms with Crippen molar-refractivity contribution in [1.29, 1.82) is 0 Å². The predicted molar refractivity (Wildman–Crippen MR) is 63.7 cm³/mol. The first-order valence-corrected chi connectivity index (χ1v) is 5.40. The molecule has 1 aromatic rings. The Morgan fingerprint density at radius 1 is 1.38 bits per heavy atom. The number of nitrogens with one attached hydrogen (secondary N) is 1. The zero-order chi connectivity index (χ0) is 12.1. The average Bonchev–Trinajstić information content (AvgIpc) is 2.31. The highest BCUT2D eigenvalue weighted by molar-refractivity contribution is 6.09. The van der Waals surface area contributed by atoms with Gasteiger partial charge in [-0.05, 0) is 12.1 Å². The molecule has 0 saturated carbocycles. The van der Waals surface area contributed by atoms with Gasteiger partial charge in [0.25, 0.3) is 5.91 Å². The maximum absolute atomic E-state index is 11.5. The third-order valence-electron chi connectivity index (χ3n) is 2.28. The van der Waals surface area contributed by atoms with Gasteiger partial charge in [0.15, 0.2) is 5.78 Å². The summed E-state index contributed by atoms with van der Waals surface area (Å²) in [5, 5.41) is 3.02. The number of Topliss-reactive ketones (excluding diaryl/α,β-unsaturated/α-hetero) is 1. The molecule has 1 heterocycles. The maximum Gasteiger partial charge on any atom is 0.250 e. The Morgan fingerprint density at radius 2 is 2.06 bits per heavy atom. The summed E-state index contributed by atoms with van der Waals surface area (Å²) >= 11 is 0. The van der Waals surface area contributed by atoms with Crippen LogP contribution in [0, 0.1) is 0 Å². The van der Waals surface area contributed by atoms with Crippen LogP contribution in [0.25, 0.3) is 0 Å². The molecule has 1 amide bonds. The van der Waals surface area contributed by atoms with Crippen LogP contribution >= 0.6 is 0 Å². The molecule has 0 atom stereocenters. The highest BCUT2D eigenvalue weighted by atomic mass is 16.1. The molecule has 0 spiro atoms. The zero-order valence-electron chi connectivity index (χ0n) is 9.54. The molecule has 16 heavy (non-hydrogen) atoms. The topological polar surface area (TPSA) is 72.2 Å². The number of anilines is 1. The third-order valence-corrected chi connectivity index (χ3v) is 2.28. The summed E-state index contributed by atoms with van der Waals surface area (Å²) in [7, 11) is 0. The van der Waals surface area contributed by atoms with Gasteiger partial charge in [0.2, 0.25) is 0 Å². The molecular formula is C12H16N2O2. The van der Waals surface area contributed by atoms with Gasteiger partial charge in [-0.1, -0.05) is 19.9 Å². The first-order valence-electron chi connectivity index (χ1n) is 5.40. The van der Waals surface area contributed by atoms with Gasteiger partial charge in [-0.15, -0.1) is 0 Å². The van der Waals surface area contributed by atoms with Crippen molar-refractivity contribution in [2.75, 3.05) is 11.9 Å². The van der Waals surface area contributed by atoms with E-state index in [2.05, 4.69) is 5.32 Å². The Morgan fingerprint density at radius 3 is 2.69 bits per heavy atom. The standard InChI is InChI=1S/C10H10N2O2.C2H6/c11-10(14)7-3-1-2-6-8(13)4-5-12-9(6)7;1-2/h1-3,12H,4-5H2,(H2,11,14);1-2H3. The molecular weight excluding hydrogens is 204 g/mol. The number of para-hydroxylation sites is 1. The Hall–Kier alpha value is -1.84. The lowest BCUT2D eigenvalue weighted by atomic mass is 9.98. The number of fused-ring (bicyclic) bond motifs is 1. The summed E-state index contributed by atoms with van der Waals surface area (Å²) in [6.07, 6.45) is 0.467. The Bertz CT molecular complexity index is 399. The molecule has 0 bridgehead atoms. The van der Waals surface area contributed by atoms with Gasteiger partial charge in [-0.2, -0.15) is 0 Å². The molecule has 1 aliphatic rings. The van der Waals surface area contributed by atoms with E-state index in [-0.39, 0.29) is 5.78 Å². The van der Waals surface area contributed by atoms with E-state index in [4.69, 9.17) is 5.73 Å². The van der Waals surface area contributed by atoms with Crippen LogP contribution in [-0.2, 0) is 0 Å². The second-order valence-corrected chi connectivity index (χ2v) is 3.19. The summed E-state index contributed by atoms with van der Waals surface area (Å²) in [6, 6.07) is 4.99. The van der Waals surface area contributed by atoms with Gasteiger partial charge in [-0.25, -0.2) is 0 Å². The largest absolute Gasteiger partial charge is 0.383 e. The van der Waals surface area contributed by atoms with E-state index < -0.39 is 5.91 Å². The van der Waals surface area contributed by atoms with Crippen LogP contribution in [0.5, 0.6) is 0 Å². The van der Waals surface area contributed by atoms with Crippen LogP contribution < -0.4 is 11.1 Å². The first-order chi connectivity index (χ1) is 7.70. The van der Waals surface area contributed by atoms with E-state index in [1.165, 1.54) is 0 Å². The highest BCUT2D eigenvalue weighted by Gasteiger charge is 2.20. The number of rotatable bonds is 1. The lowest BCUT2D eigenvalue weighted by Gasteiger charge is -2.18. The van der Waals surface area contributed by atoms with E-state index in [1.807, 2.05) is 13.8 Å². The molecule has 3 N–H and O–H groups in total. The Balaban J connectivity index is 0.000000606. The molecule has 0 unspecified atom stereocenters. The molecule has 0 saturated heterocycles. The van der Waals surface area contributed by atoms with E-state index >= 15 is 0 Å². The average molecular weight is 220 g/mol. The maximum atomic E-state index is 11.5. The molecule has 0 radical (unpaired) electrons. The number of hydrogen-bond donors (Lipinski definition) is 2. The van der Waals surface area contributed by atoms with Crippen molar-refractivity contribution in [2.24, 2.45) is 5.73 Å². The van der Waals surface area contributed by atoms with Crippen LogP contribution in [0.3, 0.4) is 0 Å². The quantitative estimate of drug-likeness (QED) is 0.758. The molecule has 1 aliphatic heterocycles. The van der Waals surface area contributed by atoms with Gasteiger partial charge < -0.3 is 11.1 Å². The zero-order valence-corrected chi connectivity index (χ0v) is 9.54. The van der Waals surface area contributed by atoms with Gasteiger partial charge >= 0.3 is 0 Å². The first kappa shape index (κ1) is 12.2. The monoisotopic (exact) mass is 220 g/mol. The molecule has 0 aliphatic carbocycles. The Labute approximate surface area is 94.8 Å². The number of amides is 1. The fourth-order valence-electron chi connectivity index (χ4n) is 1.62. The SMILES string of the molecule is CC.NC(=O)c1cccc2c1NCCC2=O. The van der Waals surface area contributed by atoms with Crippen LogP contribution in [-0.4, -0.2) is 18.2 Å². The van der Waals surface area contributed by atoms with E-state index in [9.17, 15) is 9.59 Å². The summed E-state index contributed by atoms with van der Waals surface area (Å²) in [6.45, 7) is 4.57. The second-order valence-electron chi connectivity index (χ2n) is 3.19. The highest BCUT2D eigenvalue weighted by Crippen LogP contribution is 2.25. The van der Waals surface area contributed by atoms with Crippen LogP contribution in [0.4, 0.5) is 5.69 Å². The number of ketones is 1. The molecule has 0 aromatic heterocycles. The molecule has 0 fully saturated rings. The number of benzene rings is 1. The summed E-state index contributed by atoms with van der Waals surface area (Å²) < 4.78 is 0. The predicted octanol–water partition coefficient (Wildman–Crippen LogP) is 1.81. The van der Waals surface area contributed by atoms with Crippen molar-refractivity contribution in [3.8, 4) is 0 Å². The normalized spacial score (nSPS) is 13.0. The fourth-order valence-corrected chi connectivity index (χ4v) is 1.62. The second kappa shape index (κ2) is 5.30. The van der Waals surface area contributed by atoms with Crippen LogP contribution in [0.15, 0.2) is 18.2 Å². The minimum absolute atomic E-state index is 0.0573. The van der Waals surface area contributed by atoms with Crippen molar-refractivity contribution in [1.82, 2.24) is 0 Å². The number of carbonyl (C=O) groups excluding carboxylic acids is 2. The smallest absolute Gasteiger partial charge is 0.250 e. The van der Waals surface area contributed by atoms with Crippen molar-refractivity contribution < 1.29 is 9.59 Å². The molecule has 4 nitrogen and oxygen atoms in total. The summed E-state index contributed by atoms with van der Waals surface area (Å²) in [5.74, 6) is -0.453. The molecule has 1 aromatic carbocycles. The molecule has 86 valence electrons. The van der Waals surface area contributed by atoms with Gasteiger partial charge in [-0.3, -0.25) is 9.59 Å². The van der Waals surface area contributed by atoms with Crippen molar-refractivity contribution in [2.45, 2.75) is 20.3 Å². The van der Waals surface area contributed by atoms with Crippen LogP contribution in [0.1, 0.15) is 41.0 Å². The third kappa shape index (κ3) is 2.21. The number of carbonyl (C=O) groups is 2. The minimum Gasteiger partial charge on any atom is -0.383 e. The van der Waals surface area contributed by atoms with Crippen molar-refractivity contribution in [3.05, 3.63) is 29.3 Å². The van der Waals surface area contributed by atoms with E-state index in [0.717, 1.165) is 0 Å². The Kier molecular flexibility index (Phi) is 4.05. The molecule has 2 rings (SSSR count). The summed E-state index contributed by atoms with van der Waals surface area (Å²) in [5.41, 5.74) is 6.72. The van der Waals surface area contributed by atoms with Crippen molar-refractivity contribution in [3.63, 3.8) is 0 Å². The number of primary amides is 1. The number of hydrogen-bond acceptors (Lipinski definition) is 3. The lowest BCUT2D eigenvalue weighted by Crippen LogP contribution is -2.22. The van der Waals surface area contributed by atoms with Crippen LogP contribution in [0.2, 0.25) is 0 Å². The molecule has 4 heteroatoms. The van der Waals surface area contributed by atoms with Crippen molar-refractivity contribution >= 4 is 17.4 Å². The number of nitrogens with two attached hydrogens (primary N) is 1. The summed E-state index contributed by atoms with van der Waals surface area (Å²) in [4.78, 5) is 22.5. The lowest BCUT2D eigenvalue weighted by molar-refractivity contribution is 0.0983. The van der Waals surface area contributed by atoms with Gasteiger partial charge in [0.05, 0.1) is 11.3 Å². The minimum atomic E-state index is -0.510. The van der Waals surface area contributed by atoms with E-state index in [1.54, 1.807) is 18.2 Å². The van der Waals surface area contributed by atoms with Gasteiger partial charge in [0, 0.05) is 18.5 Å². The fraction of sp³-hybridized carbons (Fsp3) is 0.333.